The Morgan fingerprint density at radius 3 is 2.93 bits per heavy atom. The molecular formula is C13H18N2. The smallest absolute Gasteiger partial charge is 0.0688 e. The van der Waals surface area contributed by atoms with Gasteiger partial charge in [0.05, 0.1) is 11.7 Å². The van der Waals surface area contributed by atoms with Crippen LogP contribution in [0.1, 0.15) is 43.0 Å². The molecule has 0 saturated heterocycles. The molecule has 0 radical (unpaired) electrons. The lowest BCUT2D eigenvalue weighted by atomic mass is 9.91. The van der Waals surface area contributed by atoms with E-state index in [-0.39, 0.29) is 6.04 Å². The van der Waals surface area contributed by atoms with E-state index >= 15 is 0 Å². The van der Waals surface area contributed by atoms with Crippen molar-refractivity contribution in [2.45, 2.75) is 38.6 Å². The highest BCUT2D eigenvalue weighted by atomic mass is 14.8. The monoisotopic (exact) mass is 202 g/mol. The maximum Gasteiger partial charge on any atom is 0.0688 e. The lowest BCUT2D eigenvalue weighted by molar-refractivity contribution is 0.639. The molecule has 0 bridgehead atoms. The Kier molecular flexibility index (Phi) is 3.17. The molecule has 0 spiro atoms. The molecule has 1 aliphatic rings. The van der Waals surface area contributed by atoms with Gasteiger partial charge < -0.3 is 5.73 Å². The van der Waals surface area contributed by atoms with Crippen LogP contribution in [0.5, 0.6) is 0 Å². The van der Waals surface area contributed by atoms with Gasteiger partial charge in [0.25, 0.3) is 0 Å². The van der Waals surface area contributed by atoms with E-state index in [9.17, 15) is 0 Å². The van der Waals surface area contributed by atoms with E-state index in [0.29, 0.717) is 0 Å². The Morgan fingerprint density at radius 1 is 1.40 bits per heavy atom. The second kappa shape index (κ2) is 4.58. The molecule has 80 valence electrons. The molecule has 1 heterocycles. The maximum atomic E-state index is 6.24. The number of aryl methyl sites for hydroxylation is 1. The molecule has 1 aliphatic carbocycles. The molecule has 1 aromatic heterocycles. The van der Waals surface area contributed by atoms with Crippen molar-refractivity contribution in [3.8, 4) is 0 Å². The minimum atomic E-state index is 0.00602. The molecule has 2 nitrogen and oxygen atoms in total. The van der Waals surface area contributed by atoms with Gasteiger partial charge in [-0.1, -0.05) is 17.7 Å². The minimum absolute atomic E-state index is 0.00602. The lowest BCUT2D eigenvalue weighted by Gasteiger charge is -2.20. The first-order valence-electron chi connectivity index (χ1n) is 5.65. The highest BCUT2D eigenvalue weighted by Crippen LogP contribution is 2.28. The van der Waals surface area contributed by atoms with Gasteiger partial charge in [-0.2, -0.15) is 0 Å². The van der Waals surface area contributed by atoms with Gasteiger partial charge in [-0.15, -0.1) is 0 Å². The highest BCUT2D eigenvalue weighted by molar-refractivity contribution is 5.28. The molecule has 0 fully saturated rings. The van der Waals surface area contributed by atoms with Gasteiger partial charge in [0.15, 0.2) is 0 Å². The summed E-state index contributed by atoms with van der Waals surface area (Å²) < 4.78 is 0. The summed E-state index contributed by atoms with van der Waals surface area (Å²) in [6, 6.07) is 4.04. The van der Waals surface area contributed by atoms with E-state index in [1.807, 2.05) is 12.3 Å². The molecule has 0 aliphatic heterocycles. The van der Waals surface area contributed by atoms with Gasteiger partial charge in [-0.05, 0) is 44.2 Å². The van der Waals surface area contributed by atoms with E-state index in [4.69, 9.17) is 5.73 Å². The number of hydrogen-bond donors (Lipinski definition) is 1. The average Bonchev–Trinajstić information content (AvgIpc) is 2.30. The standard InChI is InChI=1S/C13H18N2/c1-10-6-5-9-15-13(10)12(14)11-7-3-2-4-8-11/h5-7,9,12H,2-4,8,14H2,1H3. The van der Waals surface area contributed by atoms with Gasteiger partial charge in [0, 0.05) is 6.20 Å². The Bertz CT molecular complexity index is 369. The number of nitrogens with zero attached hydrogens (tertiary/aromatic N) is 1. The average molecular weight is 202 g/mol. The van der Waals surface area contributed by atoms with Gasteiger partial charge in [-0.25, -0.2) is 0 Å². The molecule has 1 atom stereocenters. The topological polar surface area (TPSA) is 38.9 Å². The molecule has 0 saturated carbocycles. The molecule has 2 heteroatoms. The van der Waals surface area contributed by atoms with Crippen molar-refractivity contribution in [2.75, 3.05) is 0 Å². The first-order chi connectivity index (χ1) is 7.29. The predicted octanol–water partition coefficient (Wildman–Crippen LogP) is 2.89. The SMILES string of the molecule is Cc1cccnc1C(N)C1=CCCCC1. The molecule has 2 rings (SSSR count). The molecular weight excluding hydrogens is 184 g/mol. The van der Waals surface area contributed by atoms with Crippen molar-refractivity contribution in [1.82, 2.24) is 4.98 Å². The van der Waals surface area contributed by atoms with Gasteiger partial charge in [-0.3, -0.25) is 4.98 Å². The summed E-state index contributed by atoms with van der Waals surface area (Å²) in [5.74, 6) is 0. The Balaban J connectivity index is 2.23. The third-order valence-electron chi connectivity index (χ3n) is 3.07. The molecule has 2 N–H and O–H groups in total. The summed E-state index contributed by atoms with van der Waals surface area (Å²) >= 11 is 0. The van der Waals surface area contributed by atoms with Crippen LogP contribution in [0.2, 0.25) is 0 Å². The second-order valence-corrected chi connectivity index (χ2v) is 4.21. The molecule has 15 heavy (non-hydrogen) atoms. The minimum Gasteiger partial charge on any atom is -0.319 e. The fraction of sp³-hybridized carbons (Fsp3) is 0.462. The first-order valence-corrected chi connectivity index (χ1v) is 5.65. The van der Waals surface area contributed by atoms with Crippen LogP contribution in [0.15, 0.2) is 30.0 Å². The van der Waals surface area contributed by atoms with Crippen molar-refractivity contribution in [1.29, 1.82) is 0 Å². The number of aromatic nitrogens is 1. The zero-order chi connectivity index (χ0) is 10.7. The fourth-order valence-corrected chi connectivity index (χ4v) is 2.14. The summed E-state index contributed by atoms with van der Waals surface area (Å²) in [7, 11) is 0. The number of pyridine rings is 1. The van der Waals surface area contributed by atoms with Crippen LogP contribution in [0.25, 0.3) is 0 Å². The number of hydrogen-bond acceptors (Lipinski definition) is 2. The summed E-state index contributed by atoms with van der Waals surface area (Å²) in [5, 5.41) is 0. The van der Waals surface area contributed by atoms with Gasteiger partial charge >= 0.3 is 0 Å². The van der Waals surface area contributed by atoms with Crippen molar-refractivity contribution in [2.24, 2.45) is 5.73 Å². The molecule has 0 amide bonds. The second-order valence-electron chi connectivity index (χ2n) is 4.21. The summed E-state index contributed by atoms with van der Waals surface area (Å²) in [4.78, 5) is 4.39. The van der Waals surface area contributed by atoms with Crippen LogP contribution in [0.4, 0.5) is 0 Å². The van der Waals surface area contributed by atoms with E-state index < -0.39 is 0 Å². The summed E-state index contributed by atoms with van der Waals surface area (Å²) in [6.07, 6.45) is 9.00. The van der Waals surface area contributed by atoms with Crippen LogP contribution in [0, 0.1) is 6.92 Å². The van der Waals surface area contributed by atoms with Crippen molar-refractivity contribution < 1.29 is 0 Å². The van der Waals surface area contributed by atoms with Crippen molar-refractivity contribution in [3.63, 3.8) is 0 Å². The Hall–Kier alpha value is -1.15. The fourth-order valence-electron chi connectivity index (χ4n) is 2.14. The summed E-state index contributed by atoms with van der Waals surface area (Å²) in [5.41, 5.74) is 9.83. The molecule has 1 aromatic rings. The van der Waals surface area contributed by atoms with E-state index in [2.05, 4.69) is 24.1 Å². The van der Waals surface area contributed by atoms with Crippen LogP contribution in [-0.4, -0.2) is 4.98 Å². The normalized spacial score (nSPS) is 18.4. The van der Waals surface area contributed by atoms with Gasteiger partial charge in [0.1, 0.15) is 0 Å². The largest absolute Gasteiger partial charge is 0.319 e. The Labute approximate surface area is 91.2 Å². The number of nitrogens with two attached hydrogens (primary N) is 1. The number of rotatable bonds is 2. The van der Waals surface area contributed by atoms with E-state index in [0.717, 1.165) is 12.1 Å². The third kappa shape index (κ3) is 2.26. The zero-order valence-corrected chi connectivity index (χ0v) is 9.24. The van der Waals surface area contributed by atoms with E-state index in [1.165, 1.54) is 30.4 Å². The predicted molar refractivity (Wildman–Crippen MR) is 62.5 cm³/mol. The van der Waals surface area contributed by atoms with Crippen molar-refractivity contribution >= 4 is 0 Å². The number of allylic oxidation sites excluding steroid dienone is 1. The third-order valence-corrected chi connectivity index (χ3v) is 3.07. The van der Waals surface area contributed by atoms with Crippen LogP contribution in [-0.2, 0) is 0 Å². The summed E-state index contributed by atoms with van der Waals surface area (Å²) in [6.45, 7) is 2.07. The van der Waals surface area contributed by atoms with E-state index in [1.54, 1.807) is 0 Å². The molecule has 1 unspecified atom stereocenters. The van der Waals surface area contributed by atoms with Gasteiger partial charge in [0.2, 0.25) is 0 Å². The maximum absolute atomic E-state index is 6.24. The van der Waals surface area contributed by atoms with Crippen molar-refractivity contribution in [3.05, 3.63) is 41.2 Å². The molecule has 0 aromatic carbocycles. The highest BCUT2D eigenvalue weighted by Gasteiger charge is 2.16. The Morgan fingerprint density at radius 2 is 2.27 bits per heavy atom. The quantitative estimate of drug-likeness (QED) is 0.749. The zero-order valence-electron chi connectivity index (χ0n) is 9.24. The first kappa shape index (κ1) is 10.4. The van der Waals surface area contributed by atoms with Crippen LogP contribution < -0.4 is 5.73 Å². The van der Waals surface area contributed by atoms with Crippen LogP contribution >= 0.6 is 0 Å². The lowest BCUT2D eigenvalue weighted by Crippen LogP contribution is -2.17. The van der Waals surface area contributed by atoms with Crippen LogP contribution in [0.3, 0.4) is 0 Å².